The van der Waals surface area contributed by atoms with Gasteiger partial charge >= 0.3 is 0 Å². The summed E-state index contributed by atoms with van der Waals surface area (Å²) in [7, 11) is 0. The first kappa shape index (κ1) is 16.8. The van der Waals surface area contributed by atoms with Crippen molar-refractivity contribution in [1.29, 1.82) is 0 Å². The molecule has 0 atom stereocenters. The lowest BCUT2D eigenvalue weighted by Gasteiger charge is -2.04. The van der Waals surface area contributed by atoms with Gasteiger partial charge in [-0.3, -0.25) is 19.8 Å². The molecule has 1 amide bonds. The lowest BCUT2D eigenvalue weighted by atomic mass is 10.1. The molecule has 4 aromatic rings. The third kappa shape index (κ3) is 3.12. The van der Waals surface area contributed by atoms with E-state index in [1.54, 1.807) is 12.1 Å². The minimum atomic E-state index is -0.353. The highest BCUT2D eigenvalue weighted by Crippen LogP contribution is 2.20. The van der Waals surface area contributed by atoms with Crippen molar-refractivity contribution in [2.75, 3.05) is 5.32 Å². The van der Waals surface area contributed by atoms with Crippen LogP contribution in [-0.2, 0) is 0 Å². The van der Waals surface area contributed by atoms with Crippen LogP contribution in [0.1, 0.15) is 35.8 Å². The van der Waals surface area contributed by atoms with Crippen LogP contribution in [0.4, 0.5) is 5.69 Å². The molecule has 0 aliphatic heterocycles. The number of benzene rings is 1. The number of para-hydroxylation sites is 1. The van der Waals surface area contributed by atoms with Gasteiger partial charge in [0.1, 0.15) is 11.3 Å². The van der Waals surface area contributed by atoms with Gasteiger partial charge in [0.15, 0.2) is 5.65 Å². The van der Waals surface area contributed by atoms with Gasteiger partial charge in [0.05, 0.1) is 5.69 Å². The van der Waals surface area contributed by atoms with E-state index in [1.165, 1.54) is 16.8 Å². The number of carbonyl (C=O) groups excluding carboxylic acids is 1. The lowest BCUT2D eigenvalue weighted by molar-refractivity contribution is 0.102. The molecule has 8 nitrogen and oxygen atoms in total. The molecule has 0 unspecified atom stereocenters. The van der Waals surface area contributed by atoms with Crippen LogP contribution < -0.4 is 10.9 Å². The van der Waals surface area contributed by atoms with Crippen LogP contribution in [0.2, 0.25) is 0 Å². The Morgan fingerprint density at radius 3 is 2.63 bits per heavy atom. The molecule has 0 bridgehead atoms. The van der Waals surface area contributed by atoms with Crippen molar-refractivity contribution in [2.45, 2.75) is 19.8 Å². The third-order valence-electron chi connectivity index (χ3n) is 4.26. The van der Waals surface area contributed by atoms with Crippen molar-refractivity contribution < 1.29 is 4.79 Å². The van der Waals surface area contributed by atoms with Crippen LogP contribution in [0.5, 0.6) is 0 Å². The number of nitrogens with zero attached hydrogens (tertiary/aromatic N) is 3. The lowest BCUT2D eigenvalue weighted by Crippen LogP contribution is -2.16. The molecule has 3 aromatic heterocycles. The Morgan fingerprint density at radius 2 is 1.93 bits per heavy atom. The highest BCUT2D eigenvalue weighted by molar-refractivity contribution is 6.08. The van der Waals surface area contributed by atoms with Crippen LogP contribution in [0.15, 0.2) is 53.5 Å². The number of hydrogen-bond acceptors (Lipinski definition) is 4. The van der Waals surface area contributed by atoms with E-state index in [0.29, 0.717) is 17.1 Å². The van der Waals surface area contributed by atoms with E-state index in [1.807, 2.05) is 38.1 Å². The van der Waals surface area contributed by atoms with Gasteiger partial charge in [-0.2, -0.15) is 5.10 Å². The molecule has 1 aromatic carbocycles. The summed E-state index contributed by atoms with van der Waals surface area (Å²) in [5.74, 6) is -0.0792. The second-order valence-corrected chi connectivity index (χ2v) is 6.51. The monoisotopic (exact) mass is 362 g/mol. The molecule has 0 saturated carbocycles. The maximum Gasteiger partial charge on any atom is 0.273 e. The van der Waals surface area contributed by atoms with Crippen LogP contribution in [-0.4, -0.2) is 30.7 Å². The van der Waals surface area contributed by atoms with E-state index >= 15 is 0 Å². The smallest absolute Gasteiger partial charge is 0.273 e. The number of anilines is 1. The summed E-state index contributed by atoms with van der Waals surface area (Å²) in [6.45, 7) is 4.09. The maximum atomic E-state index is 12.6. The van der Waals surface area contributed by atoms with E-state index in [-0.39, 0.29) is 28.6 Å². The van der Waals surface area contributed by atoms with E-state index in [2.05, 4.69) is 25.6 Å². The average molecular weight is 362 g/mol. The number of rotatable bonds is 4. The average Bonchev–Trinajstić information content (AvgIpc) is 3.30. The molecule has 27 heavy (non-hydrogen) atoms. The zero-order chi connectivity index (χ0) is 19.0. The maximum absolute atomic E-state index is 12.6. The quantitative estimate of drug-likeness (QED) is 0.519. The van der Waals surface area contributed by atoms with E-state index in [9.17, 15) is 9.59 Å². The predicted molar refractivity (Wildman–Crippen MR) is 102 cm³/mol. The Labute approximate surface area is 154 Å². The summed E-state index contributed by atoms with van der Waals surface area (Å²) in [6.07, 6.45) is 1.47. The van der Waals surface area contributed by atoms with Crippen LogP contribution in [0.25, 0.3) is 17.0 Å². The standard InChI is InChI=1S/C19H18N6O2/c1-11(2)14-8-16(24-23-14)15-9-17(26)25-18(22-15)13(10-20-25)19(27)21-12-6-4-3-5-7-12/h3-11,20H,1-2H3,(H,21,27)(H,23,24). The van der Waals surface area contributed by atoms with Gasteiger partial charge < -0.3 is 5.32 Å². The van der Waals surface area contributed by atoms with E-state index in [0.717, 1.165) is 5.69 Å². The Hall–Kier alpha value is -3.68. The predicted octanol–water partition coefficient (Wildman–Crippen LogP) is 2.79. The number of amides is 1. The summed E-state index contributed by atoms with van der Waals surface area (Å²) in [4.78, 5) is 29.6. The highest BCUT2D eigenvalue weighted by Gasteiger charge is 2.17. The van der Waals surface area contributed by atoms with Gasteiger partial charge in [-0.05, 0) is 24.1 Å². The molecule has 0 saturated heterocycles. The fourth-order valence-corrected chi connectivity index (χ4v) is 2.76. The van der Waals surface area contributed by atoms with Crippen molar-refractivity contribution in [3.8, 4) is 11.4 Å². The first-order valence-corrected chi connectivity index (χ1v) is 8.56. The normalized spacial score (nSPS) is 11.2. The Balaban J connectivity index is 1.75. The zero-order valence-electron chi connectivity index (χ0n) is 14.9. The first-order valence-electron chi connectivity index (χ1n) is 8.56. The number of carbonyl (C=O) groups is 1. The summed E-state index contributed by atoms with van der Waals surface area (Å²) >= 11 is 0. The van der Waals surface area contributed by atoms with Crippen LogP contribution in [0.3, 0.4) is 0 Å². The molecule has 3 heterocycles. The summed E-state index contributed by atoms with van der Waals surface area (Å²) in [6, 6.07) is 12.3. The second kappa shape index (κ2) is 6.56. The molecule has 8 heteroatoms. The summed E-state index contributed by atoms with van der Waals surface area (Å²) in [5, 5.41) is 12.8. The fourth-order valence-electron chi connectivity index (χ4n) is 2.76. The van der Waals surface area contributed by atoms with E-state index < -0.39 is 0 Å². The molecule has 0 fully saturated rings. The van der Waals surface area contributed by atoms with Crippen molar-refractivity contribution in [3.05, 3.63) is 70.3 Å². The molecule has 136 valence electrons. The Kier molecular flexibility index (Phi) is 4.08. The molecule has 0 aliphatic carbocycles. The molecule has 3 N–H and O–H groups in total. The molecule has 0 spiro atoms. The Morgan fingerprint density at radius 1 is 1.15 bits per heavy atom. The van der Waals surface area contributed by atoms with Gasteiger partial charge in [-0.1, -0.05) is 32.0 Å². The van der Waals surface area contributed by atoms with Crippen molar-refractivity contribution in [2.24, 2.45) is 0 Å². The minimum absolute atomic E-state index is 0.250. The SMILES string of the molecule is CC(C)c1cc(-c2cc(=O)n3[nH]cc(C(=O)Nc4ccccc4)c3n2)n[nH]1. The molecular formula is C19H18N6O2. The zero-order valence-corrected chi connectivity index (χ0v) is 14.9. The van der Waals surface area contributed by atoms with Gasteiger partial charge in [0.25, 0.3) is 11.5 Å². The third-order valence-corrected chi connectivity index (χ3v) is 4.26. The second-order valence-electron chi connectivity index (χ2n) is 6.51. The number of aromatic amines is 2. The molecule has 0 radical (unpaired) electrons. The topological polar surface area (TPSA) is 108 Å². The fraction of sp³-hybridized carbons (Fsp3) is 0.158. The van der Waals surface area contributed by atoms with E-state index in [4.69, 9.17) is 0 Å². The number of nitrogens with one attached hydrogen (secondary N) is 3. The minimum Gasteiger partial charge on any atom is -0.322 e. The van der Waals surface area contributed by atoms with Crippen LogP contribution in [0, 0.1) is 0 Å². The van der Waals surface area contributed by atoms with Gasteiger partial charge in [0, 0.05) is 23.6 Å². The van der Waals surface area contributed by atoms with Gasteiger partial charge in [0.2, 0.25) is 0 Å². The van der Waals surface area contributed by atoms with Crippen molar-refractivity contribution >= 4 is 17.2 Å². The summed E-state index contributed by atoms with van der Waals surface area (Å²) < 4.78 is 1.24. The molecular weight excluding hydrogens is 344 g/mol. The summed E-state index contributed by atoms with van der Waals surface area (Å²) in [5.41, 5.74) is 2.79. The molecule has 0 aliphatic rings. The van der Waals surface area contributed by atoms with Crippen molar-refractivity contribution in [1.82, 2.24) is 24.8 Å². The van der Waals surface area contributed by atoms with Crippen molar-refractivity contribution in [3.63, 3.8) is 0 Å². The number of fused-ring (bicyclic) bond motifs is 1. The number of aromatic nitrogens is 5. The number of H-pyrrole nitrogens is 2. The van der Waals surface area contributed by atoms with Gasteiger partial charge in [-0.25, -0.2) is 9.50 Å². The highest BCUT2D eigenvalue weighted by atomic mass is 16.2. The number of hydrogen-bond donors (Lipinski definition) is 3. The molecule has 4 rings (SSSR count). The van der Waals surface area contributed by atoms with Crippen LogP contribution >= 0.6 is 0 Å². The van der Waals surface area contributed by atoms with Gasteiger partial charge in [-0.15, -0.1) is 0 Å². The first-order chi connectivity index (χ1) is 13.0. The Bertz CT molecular complexity index is 1170. The largest absolute Gasteiger partial charge is 0.322 e.